The van der Waals surface area contributed by atoms with Crippen LogP contribution in [0.2, 0.25) is 0 Å². The van der Waals surface area contributed by atoms with Crippen LogP contribution >= 0.6 is 11.5 Å². The molecule has 0 saturated heterocycles. The summed E-state index contributed by atoms with van der Waals surface area (Å²) < 4.78 is 14.8. The molecule has 1 amide bonds. The van der Waals surface area contributed by atoms with E-state index in [2.05, 4.69) is 14.7 Å². The SMILES string of the molecule is COc1ccc(-c2nsc(NC(=O)COc3ccccc3)n2)cc1. The number of para-hydroxylation sites is 1. The number of hydrogen-bond acceptors (Lipinski definition) is 6. The lowest BCUT2D eigenvalue weighted by Gasteiger charge is -2.04. The molecule has 0 fully saturated rings. The molecule has 0 aliphatic heterocycles. The van der Waals surface area contributed by atoms with E-state index in [1.807, 2.05) is 42.5 Å². The molecule has 3 rings (SSSR count). The molecule has 122 valence electrons. The third-order valence-corrected chi connectivity index (χ3v) is 3.76. The molecule has 2 aromatic carbocycles. The molecular weight excluding hydrogens is 326 g/mol. The summed E-state index contributed by atoms with van der Waals surface area (Å²) in [6, 6.07) is 16.6. The second-order valence-corrected chi connectivity index (χ2v) is 5.55. The zero-order chi connectivity index (χ0) is 16.8. The summed E-state index contributed by atoms with van der Waals surface area (Å²) in [6.07, 6.45) is 0. The number of amides is 1. The van der Waals surface area contributed by atoms with Gasteiger partial charge in [0.2, 0.25) is 5.13 Å². The molecule has 0 aliphatic carbocycles. The molecule has 1 heterocycles. The van der Waals surface area contributed by atoms with Gasteiger partial charge in [-0.1, -0.05) is 18.2 Å². The topological polar surface area (TPSA) is 73.3 Å². The van der Waals surface area contributed by atoms with E-state index < -0.39 is 0 Å². The standard InChI is InChI=1S/C17H15N3O3S/c1-22-13-9-7-12(8-10-13)16-19-17(24-20-16)18-15(21)11-23-14-5-3-2-4-6-14/h2-10H,11H2,1H3,(H,18,19,20,21). The van der Waals surface area contributed by atoms with E-state index in [0.29, 0.717) is 16.7 Å². The Morgan fingerprint density at radius 1 is 1.08 bits per heavy atom. The minimum absolute atomic E-state index is 0.0819. The van der Waals surface area contributed by atoms with Gasteiger partial charge >= 0.3 is 0 Å². The van der Waals surface area contributed by atoms with Crippen LogP contribution in [0, 0.1) is 0 Å². The number of rotatable bonds is 6. The summed E-state index contributed by atoms with van der Waals surface area (Å²) in [6.45, 7) is -0.0819. The molecule has 0 atom stereocenters. The zero-order valence-corrected chi connectivity index (χ0v) is 13.7. The number of ether oxygens (including phenoxy) is 2. The number of carbonyl (C=O) groups excluding carboxylic acids is 1. The first kappa shape index (κ1) is 15.9. The van der Waals surface area contributed by atoms with Crippen LogP contribution in [0.1, 0.15) is 0 Å². The van der Waals surface area contributed by atoms with Crippen LogP contribution in [0.4, 0.5) is 5.13 Å². The number of methoxy groups -OCH3 is 1. The smallest absolute Gasteiger partial charge is 0.264 e. The van der Waals surface area contributed by atoms with Gasteiger partial charge in [-0.2, -0.15) is 9.36 Å². The van der Waals surface area contributed by atoms with Crippen molar-refractivity contribution < 1.29 is 14.3 Å². The van der Waals surface area contributed by atoms with E-state index >= 15 is 0 Å². The van der Waals surface area contributed by atoms with Crippen LogP contribution in [0.5, 0.6) is 11.5 Å². The van der Waals surface area contributed by atoms with Crippen LogP contribution < -0.4 is 14.8 Å². The Kier molecular flexibility index (Phi) is 5.02. The highest BCUT2D eigenvalue weighted by atomic mass is 32.1. The molecule has 0 saturated carbocycles. The van der Waals surface area contributed by atoms with E-state index in [0.717, 1.165) is 22.8 Å². The normalized spacial score (nSPS) is 10.2. The van der Waals surface area contributed by atoms with E-state index in [-0.39, 0.29) is 12.5 Å². The van der Waals surface area contributed by atoms with Crippen LogP contribution in [-0.2, 0) is 4.79 Å². The Labute approximate surface area is 143 Å². The van der Waals surface area contributed by atoms with Crippen molar-refractivity contribution in [1.82, 2.24) is 9.36 Å². The van der Waals surface area contributed by atoms with E-state index in [1.165, 1.54) is 0 Å². The van der Waals surface area contributed by atoms with Crippen molar-refractivity contribution in [2.75, 3.05) is 19.0 Å². The molecule has 0 aliphatic rings. The van der Waals surface area contributed by atoms with Gasteiger partial charge in [0.05, 0.1) is 7.11 Å². The maximum Gasteiger partial charge on any atom is 0.264 e. The quantitative estimate of drug-likeness (QED) is 0.745. The summed E-state index contributed by atoms with van der Waals surface area (Å²) in [5.74, 6) is 1.68. The van der Waals surface area contributed by atoms with Gasteiger partial charge in [0.15, 0.2) is 12.4 Å². The maximum atomic E-state index is 11.9. The zero-order valence-electron chi connectivity index (χ0n) is 12.9. The van der Waals surface area contributed by atoms with Crippen molar-refractivity contribution in [1.29, 1.82) is 0 Å². The minimum Gasteiger partial charge on any atom is -0.497 e. The van der Waals surface area contributed by atoms with E-state index in [1.54, 1.807) is 19.2 Å². The van der Waals surface area contributed by atoms with Gasteiger partial charge in [0.25, 0.3) is 5.91 Å². The molecular formula is C17H15N3O3S. The number of nitrogens with one attached hydrogen (secondary N) is 1. The summed E-state index contributed by atoms with van der Waals surface area (Å²) >= 11 is 1.12. The number of anilines is 1. The molecule has 0 bridgehead atoms. The Morgan fingerprint density at radius 3 is 2.54 bits per heavy atom. The summed E-state index contributed by atoms with van der Waals surface area (Å²) in [5, 5.41) is 3.11. The Balaban J connectivity index is 1.58. The van der Waals surface area contributed by atoms with Gasteiger partial charge < -0.3 is 9.47 Å². The largest absolute Gasteiger partial charge is 0.497 e. The van der Waals surface area contributed by atoms with E-state index in [4.69, 9.17) is 9.47 Å². The van der Waals surface area contributed by atoms with Gasteiger partial charge in [-0.05, 0) is 36.4 Å². The molecule has 24 heavy (non-hydrogen) atoms. The molecule has 7 heteroatoms. The highest BCUT2D eigenvalue weighted by Crippen LogP contribution is 2.23. The molecule has 0 unspecified atom stereocenters. The lowest BCUT2D eigenvalue weighted by molar-refractivity contribution is -0.118. The first-order valence-electron chi connectivity index (χ1n) is 7.20. The lowest BCUT2D eigenvalue weighted by Crippen LogP contribution is -2.20. The Bertz CT molecular complexity index is 803. The number of carbonyl (C=O) groups is 1. The van der Waals surface area contributed by atoms with Crippen molar-refractivity contribution in [3.63, 3.8) is 0 Å². The lowest BCUT2D eigenvalue weighted by atomic mass is 10.2. The van der Waals surface area contributed by atoms with Crippen molar-refractivity contribution in [2.24, 2.45) is 0 Å². The third kappa shape index (κ3) is 4.08. The van der Waals surface area contributed by atoms with E-state index in [9.17, 15) is 4.79 Å². The van der Waals surface area contributed by atoms with Gasteiger partial charge in [-0.25, -0.2) is 0 Å². The van der Waals surface area contributed by atoms with Crippen LogP contribution in [0.15, 0.2) is 54.6 Å². The summed E-state index contributed by atoms with van der Waals surface area (Å²) in [7, 11) is 1.61. The second-order valence-electron chi connectivity index (χ2n) is 4.80. The van der Waals surface area contributed by atoms with Crippen LogP contribution in [0.25, 0.3) is 11.4 Å². The number of aromatic nitrogens is 2. The average Bonchev–Trinajstić information content (AvgIpc) is 3.09. The molecule has 1 aromatic heterocycles. The molecule has 0 radical (unpaired) electrons. The minimum atomic E-state index is -0.281. The van der Waals surface area contributed by atoms with Crippen molar-refractivity contribution in [2.45, 2.75) is 0 Å². The van der Waals surface area contributed by atoms with Crippen molar-refractivity contribution in [3.8, 4) is 22.9 Å². The molecule has 1 N–H and O–H groups in total. The van der Waals surface area contributed by atoms with Crippen LogP contribution in [-0.4, -0.2) is 29.0 Å². The average molecular weight is 341 g/mol. The van der Waals surface area contributed by atoms with Crippen LogP contribution in [0.3, 0.4) is 0 Å². The number of hydrogen-bond donors (Lipinski definition) is 1. The van der Waals surface area contributed by atoms with Gasteiger partial charge in [-0.3, -0.25) is 10.1 Å². The fraction of sp³-hybridized carbons (Fsp3) is 0.118. The van der Waals surface area contributed by atoms with Gasteiger partial charge in [0.1, 0.15) is 11.5 Å². The van der Waals surface area contributed by atoms with Gasteiger partial charge in [0, 0.05) is 17.1 Å². The molecule has 0 spiro atoms. The fourth-order valence-corrected chi connectivity index (χ4v) is 2.56. The predicted octanol–water partition coefficient (Wildman–Crippen LogP) is 3.23. The Hall–Kier alpha value is -2.93. The number of nitrogens with zero attached hydrogens (tertiary/aromatic N) is 2. The van der Waals surface area contributed by atoms with Crippen molar-refractivity contribution in [3.05, 3.63) is 54.6 Å². The Morgan fingerprint density at radius 2 is 1.83 bits per heavy atom. The van der Waals surface area contributed by atoms with Gasteiger partial charge in [-0.15, -0.1) is 0 Å². The summed E-state index contributed by atoms with van der Waals surface area (Å²) in [5.41, 5.74) is 0.855. The number of benzene rings is 2. The molecule has 3 aromatic rings. The third-order valence-electron chi connectivity index (χ3n) is 3.13. The van der Waals surface area contributed by atoms with Crippen molar-refractivity contribution >= 4 is 22.6 Å². The highest BCUT2D eigenvalue weighted by molar-refractivity contribution is 7.10. The fourth-order valence-electron chi connectivity index (χ4n) is 1.95. The predicted molar refractivity (Wildman–Crippen MR) is 92.5 cm³/mol. The molecule has 6 nitrogen and oxygen atoms in total. The second kappa shape index (κ2) is 7.56. The monoisotopic (exact) mass is 341 g/mol. The maximum absolute atomic E-state index is 11.9. The first-order chi connectivity index (χ1) is 11.7. The summed E-state index contributed by atoms with van der Waals surface area (Å²) in [4.78, 5) is 16.2. The first-order valence-corrected chi connectivity index (χ1v) is 7.98. The highest BCUT2D eigenvalue weighted by Gasteiger charge is 2.10.